The highest BCUT2D eigenvalue weighted by Crippen LogP contribution is 2.38. The molecular formula is C31H39ClN6O2. The number of ether oxygens (including phenoxy) is 2. The largest absolute Gasteiger partial charge is 0.462 e. The van der Waals surface area contributed by atoms with Crippen LogP contribution in [0.25, 0.3) is 10.8 Å². The summed E-state index contributed by atoms with van der Waals surface area (Å²) in [6.07, 6.45) is 4.41. The number of nitrogens with zero attached hydrogens (tertiary/aromatic N) is 5. The van der Waals surface area contributed by atoms with E-state index in [1.165, 1.54) is 12.0 Å². The van der Waals surface area contributed by atoms with Gasteiger partial charge in [-0.05, 0) is 56.8 Å². The van der Waals surface area contributed by atoms with Gasteiger partial charge in [0, 0.05) is 67.4 Å². The standard InChI is InChI=1S/C31H39ClN6O2/c1-36-12-5-8-23(36)19-40-31-34-27-17-37(28-10-4-7-20-6-3-9-25(32)29(20)28)13-11-24(27)30(35-31)38-15-22-14-21(18-39-2)26(16-38)33-22/h3-4,6-7,9-10,21-23,26,33H,5,8,11-19H2,1-2H3/t21-,22+,23-,26+/m0/s1. The van der Waals surface area contributed by atoms with Crippen LogP contribution in [0.5, 0.6) is 6.01 Å². The Bertz CT molecular complexity index is 1380. The SMILES string of the molecule is COC[C@@H]1C[C@@H]2CN(c3nc(OC[C@@H]4CCCN4C)nc4c3CCN(c3cccc5cccc(Cl)c35)C4)C[C@H]1N2. The van der Waals surface area contributed by atoms with Gasteiger partial charge >= 0.3 is 6.01 Å². The van der Waals surface area contributed by atoms with Crippen LogP contribution in [0.1, 0.15) is 30.5 Å². The minimum atomic E-state index is 0.415. The van der Waals surface area contributed by atoms with Crippen molar-refractivity contribution in [1.82, 2.24) is 20.2 Å². The van der Waals surface area contributed by atoms with Gasteiger partial charge in [0.05, 0.1) is 23.9 Å². The third kappa shape index (κ3) is 4.89. The fourth-order valence-corrected chi connectivity index (χ4v) is 7.61. The molecule has 9 heteroatoms. The zero-order valence-electron chi connectivity index (χ0n) is 23.5. The molecule has 3 aromatic rings. The van der Waals surface area contributed by atoms with Gasteiger partial charge in [0.2, 0.25) is 0 Å². The molecule has 2 bridgehead atoms. The average molecular weight is 563 g/mol. The van der Waals surface area contributed by atoms with Crippen molar-refractivity contribution in [2.45, 2.75) is 50.4 Å². The highest BCUT2D eigenvalue weighted by molar-refractivity contribution is 6.36. The first-order valence-corrected chi connectivity index (χ1v) is 15.1. The first-order valence-electron chi connectivity index (χ1n) is 14.7. The number of benzene rings is 2. The number of nitrogens with one attached hydrogen (secondary N) is 1. The number of halogens is 1. The van der Waals surface area contributed by atoms with Crippen LogP contribution in [-0.2, 0) is 17.7 Å². The molecule has 0 aliphatic carbocycles. The number of likely N-dealkylation sites (tertiary alicyclic amines) is 1. The van der Waals surface area contributed by atoms with Gasteiger partial charge in [0.15, 0.2) is 0 Å². The maximum absolute atomic E-state index is 6.72. The minimum Gasteiger partial charge on any atom is -0.462 e. The van der Waals surface area contributed by atoms with Crippen LogP contribution in [-0.4, -0.2) is 86.5 Å². The van der Waals surface area contributed by atoms with Crippen molar-refractivity contribution in [2.24, 2.45) is 5.92 Å². The summed E-state index contributed by atoms with van der Waals surface area (Å²) in [6, 6.07) is 14.4. The Morgan fingerprint density at radius 1 is 1.05 bits per heavy atom. The lowest BCUT2D eigenvalue weighted by molar-refractivity contribution is 0.147. The van der Waals surface area contributed by atoms with E-state index in [1.54, 1.807) is 7.11 Å². The number of rotatable bonds is 7. The van der Waals surface area contributed by atoms with Crippen molar-refractivity contribution in [1.29, 1.82) is 0 Å². The van der Waals surface area contributed by atoms with Crippen LogP contribution in [0, 0.1) is 5.92 Å². The lowest BCUT2D eigenvalue weighted by atomic mass is 10.0. The zero-order valence-corrected chi connectivity index (χ0v) is 24.2. The van der Waals surface area contributed by atoms with Crippen LogP contribution in [0.2, 0.25) is 5.02 Å². The van der Waals surface area contributed by atoms with E-state index in [4.69, 9.17) is 31.0 Å². The fraction of sp³-hybridized carbons (Fsp3) is 0.548. The molecule has 4 aliphatic rings. The molecule has 40 heavy (non-hydrogen) atoms. The first-order chi connectivity index (χ1) is 19.6. The number of hydrogen-bond donors (Lipinski definition) is 1. The van der Waals surface area contributed by atoms with Crippen LogP contribution in [0.15, 0.2) is 36.4 Å². The number of piperazine rings is 1. The minimum absolute atomic E-state index is 0.415. The normalized spacial score (nSPS) is 26.5. The number of anilines is 2. The number of methoxy groups -OCH3 is 1. The molecular weight excluding hydrogens is 524 g/mol. The third-order valence-corrected chi connectivity index (χ3v) is 9.73. The van der Waals surface area contributed by atoms with Crippen molar-refractivity contribution in [3.63, 3.8) is 0 Å². The van der Waals surface area contributed by atoms with Gasteiger partial charge in [-0.25, -0.2) is 0 Å². The van der Waals surface area contributed by atoms with Crippen LogP contribution in [0.4, 0.5) is 11.5 Å². The molecule has 7 rings (SSSR count). The topological polar surface area (TPSA) is 66.0 Å². The molecule has 0 spiro atoms. The van der Waals surface area contributed by atoms with E-state index >= 15 is 0 Å². The van der Waals surface area contributed by atoms with Gasteiger partial charge < -0.3 is 29.5 Å². The average Bonchev–Trinajstić information content (AvgIpc) is 3.51. The molecule has 2 aromatic carbocycles. The molecule has 1 N–H and O–H groups in total. The van der Waals surface area contributed by atoms with Crippen LogP contribution in [0.3, 0.4) is 0 Å². The van der Waals surface area contributed by atoms with Crippen molar-refractivity contribution >= 4 is 33.9 Å². The molecule has 8 nitrogen and oxygen atoms in total. The van der Waals surface area contributed by atoms with E-state index < -0.39 is 0 Å². The van der Waals surface area contributed by atoms with E-state index in [0.29, 0.717) is 43.2 Å². The Morgan fingerprint density at radius 2 is 1.93 bits per heavy atom. The van der Waals surface area contributed by atoms with Crippen molar-refractivity contribution in [3.8, 4) is 6.01 Å². The van der Waals surface area contributed by atoms with Crippen LogP contribution >= 0.6 is 11.6 Å². The maximum atomic E-state index is 6.72. The highest BCUT2D eigenvalue weighted by Gasteiger charge is 2.41. The number of likely N-dealkylation sites (N-methyl/N-ethyl adjacent to an activating group) is 1. The number of aromatic nitrogens is 2. The summed E-state index contributed by atoms with van der Waals surface area (Å²) in [4.78, 5) is 17.4. The van der Waals surface area contributed by atoms with Gasteiger partial charge in [-0.3, -0.25) is 0 Å². The lowest BCUT2D eigenvalue weighted by Crippen LogP contribution is -2.53. The van der Waals surface area contributed by atoms with E-state index in [-0.39, 0.29) is 0 Å². The molecule has 0 amide bonds. The Balaban J connectivity index is 1.22. The molecule has 1 aromatic heterocycles. The molecule has 3 fully saturated rings. The lowest BCUT2D eigenvalue weighted by Gasteiger charge is -2.38. The van der Waals surface area contributed by atoms with E-state index in [2.05, 4.69) is 51.3 Å². The van der Waals surface area contributed by atoms with Gasteiger partial charge in [0.1, 0.15) is 12.4 Å². The molecule has 5 heterocycles. The summed E-state index contributed by atoms with van der Waals surface area (Å²) < 4.78 is 11.9. The second-order valence-electron chi connectivity index (χ2n) is 12.0. The fourth-order valence-electron chi connectivity index (χ4n) is 7.34. The van der Waals surface area contributed by atoms with Gasteiger partial charge in [-0.1, -0.05) is 35.9 Å². The van der Waals surface area contributed by atoms with Crippen LogP contribution < -0.4 is 19.9 Å². The molecule has 4 aliphatic heterocycles. The number of fused-ring (bicyclic) bond motifs is 4. The van der Waals surface area contributed by atoms with Crippen molar-refractivity contribution in [2.75, 3.05) is 63.4 Å². The Morgan fingerprint density at radius 3 is 2.75 bits per heavy atom. The molecule has 0 unspecified atom stereocenters. The third-order valence-electron chi connectivity index (χ3n) is 9.42. The van der Waals surface area contributed by atoms with E-state index in [0.717, 1.165) is 85.0 Å². The predicted octanol–water partition coefficient (Wildman–Crippen LogP) is 4.13. The van der Waals surface area contributed by atoms with E-state index in [9.17, 15) is 0 Å². The second kappa shape index (κ2) is 11.0. The smallest absolute Gasteiger partial charge is 0.318 e. The summed E-state index contributed by atoms with van der Waals surface area (Å²) in [6.45, 7) is 6.04. The second-order valence-corrected chi connectivity index (χ2v) is 12.4. The summed E-state index contributed by atoms with van der Waals surface area (Å²) in [7, 11) is 3.99. The van der Waals surface area contributed by atoms with Crippen molar-refractivity contribution in [3.05, 3.63) is 52.7 Å². The van der Waals surface area contributed by atoms with E-state index in [1.807, 2.05) is 12.1 Å². The molecule has 0 saturated carbocycles. The Hall–Kier alpha value is -2.65. The molecule has 0 radical (unpaired) electrons. The first kappa shape index (κ1) is 26.3. The molecule has 212 valence electrons. The quantitative estimate of drug-likeness (QED) is 0.461. The number of hydrogen-bond acceptors (Lipinski definition) is 8. The Kier molecular flexibility index (Phi) is 7.20. The maximum Gasteiger partial charge on any atom is 0.318 e. The zero-order chi connectivity index (χ0) is 27.2. The summed E-state index contributed by atoms with van der Waals surface area (Å²) >= 11 is 6.72. The summed E-state index contributed by atoms with van der Waals surface area (Å²) in [5.74, 6) is 1.60. The monoisotopic (exact) mass is 562 g/mol. The van der Waals surface area contributed by atoms with Gasteiger partial charge in [0.25, 0.3) is 0 Å². The predicted molar refractivity (Wildman–Crippen MR) is 160 cm³/mol. The molecule has 3 saturated heterocycles. The summed E-state index contributed by atoms with van der Waals surface area (Å²) in [5, 5.41) is 6.86. The van der Waals surface area contributed by atoms with Gasteiger partial charge in [-0.15, -0.1) is 0 Å². The van der Waals surface area contributed by atoms with Gasteiger partial charge in [-0.2, -0.15) is 9.97 Å². The summed E-state index contributed by atoms with van der Waals surface area (Å²) in [5.41, 5.74) is 3.48. The van der Waals surface area contributed by atoms with Crippen molar-refractivity contribution < 1.29 is 9.47 Å². The highest BCUT2D eigenvalue weighted by atomic mass is 35.5. The Labute approximate surface area is 241 Å². The molecule has 4 atom stereocenters.